The summed E-state index contributed by atoms with van der Waals surface area (Å²) < 4.78 is 43.0. The molecule has 4 rings (SSSR count). The number of hydrogen-bond acceptors (Lipinski definition) is 5. The summed E-state index contributed by atoms with van der Waals surface area (Å²) in [6.45, 7) is 1.09. The number of nitrogens with zero attached hydrogens (tertiary/aromatic N) is 5. The molecule has 8 nitrogen and oxygen atoms in total. The Morgan fingerprint density at radius 1 is 1.20 bits per heavy atom. The van der Waals surface area contributed by atoms with E-state index in [4.69, 9.17) is 0 Å². The predicted molar refractivity (Wildman–Crippen MR) is 101 cm³/mol. The zero-order valence-corrected chi connectivity index (χ0v) is 16.3. The van der Waals surface area contributed by atoms with Crippen LogP contribution in [-0.4, -0.2) is 35.0 Å². The first kappa shape index (κ1) is 20.3. The van der Waals surface area contributed by atoms with Crippen molar-refractivity contribution in [2.24, 2.45) is 13.0 Å². The zero-order chi connectivity index (χ0) is 21.8. The maximum Gasteiger partial charge on any atom is 0.422 e. The van der Waals surface area contributed by atoms with Gasteiger partial charge in [0, 0.05) is 19.8 Å². The van der Waals surface area contributed by atoms with E-state index in [9.17, 15) is 27.9 Å². The maximum atomic E-state index is 13.0. The summed E-state index contributed by atoms with van der Waals surface area (Å²) in [4.78, 5) is 33.6. The van der Waals surface area contributed by atoms with Gasteiger partial charge in [-0.1, -0.05) is 6.07 Å². The van der Waals surface area contributed by atoms with Crippen LogP contribution in [0.2, 0.25) is 0 Å². The molecule has 1 N–H and O–H groups in total. The summed E-state index contributed by atoms with van der Waals surface area (Å²) in [5, 5.41) is 9.72. The maximum absolute atomic E-state index is 13.0. The van der Waals surface area contributed by atoms with Gasteiger partial charge >= 0.3 is 11.9 Å². The highest BCUT2D eigenvalue weighted by Gasteiger charge is 2.52. The second kappa shape index (κ2) is 6.79. The number of aliphatic hydroxyl groups is 1. The lowest BCUT2D eigenvalue weighted by atomic mass is 10.0. The first-order chi connectivity index (χ1) is 14.0. The molecule has 3 heterocycles. The molecule has 30 heavy (non-hydrogen) atoms. The minimum atomic E-state index is -4.89. The molecule has 0 radical (unpaired) electrons. The smallest absolute Gasteiger partial charge is 0.375 e. The molecule has 160 valence electrons. The van der Waals surface area contributed by atoms with Gasteiger partial charge in [0.25, 0.3) is 5.56 Å². The Morgan fingerprint density at radius 3 is 2.47 bits per heavy atom. The molecule has 1 fully saturated rings. The second-order valence-corrected chi connectivity index (χ2v) is 7.87. The van der Waals surface area contributed by atoms with Crippen molar-refractivity contribution < 1.29 is 18.3 Å². The Kier molecular flexibility index (Phi) is 4.60. The SMILES string of the molecule is Cn1c(=O)n(Cc2ccc(C(C)(O)C(F)(F)F)nc2)c(=O)c2c1ncn2CC1CC1. The Balaban J connectivity index is 1.72. The first-order valence-electron chi connectivity index (χ1n) is 9.40. The van der Waals surface area contributed by atoms with E-state index >= 15 is 0 Å². The van der Waals surface area contributed by atoms with E-state index in [2.05, 4.69) is 9.97 Å². The van der Waals surface area contributed by atoms with Gasteiger partial charge in [-0.05, 0) is 37.3 Å². The number of halogens is 3. The molecule has 1 aliphatic rings. The second-order valence-electron chi connectivity index (χ2n) is 7.87. The molecule has 11 heteroatoms. The third kappa shape index (κ3) is 3.32. The molecule has 0 amide bonds. The number of aromatic nitrogens is 5. The lowest BCUT2D eigenvalue weighted by Crippen LogP contribution is -2.40. The molecule has 0 aliphatic heterocycles. The van der Waals surface area contributed by atoms with Crippen LogP contribution in [0.15, 0.2) is 34.2 Å². The van der Waals surface area contributed by atoms with Crippen molar-refractivity contribution in [3.8, 4) is 0 Å². The quantitative estimate of drug-likeness (QED) is 0.672. The standard InChI is InChI=1S/C19H20F3N5O3/c1-18(30,19(20,21)22)13-6-5-12(7-23-13)9-27-16(28)14-15(25(2)17(27)29)24-10-26(14)8-11-3-4-11/h5-7,10-11,30H,3-4,8-9H2,1-2H3. The van der Waals surface area contributed by atoms with Crippen molar-refractivity contribution in [2.75, 3.05) is 0 Å². The molecule has 0 bridgehead atoms. The minimum absolute atomic E-state index is 0.169. The van der Waals surface area contributed by atoms with E-state index in [0.717, 1.165) is 29.7 Å². The van der Waals surface area contributed by atoms with E-state index in [1.54, 1.807) is 10.9 Å². The van der Waals surface area contributed by atoms with E-state index in [-0.39, 0.29) is 12.2 Å². The van der Waals surface area contributed by atoms with Gasteiger partial charge in [0.15, 0.2) is 16.8 Å². The van der Waals surface area contributed by atoms with Gasteiger partial charge in [-0.3, -0.25) is 18.9 Å². The van der Waals surface area contributed by atoms with Crippen molar-refractivity contribution in [3.63, 3.8) is 0 Å². The van der Waals surface area contributed by atoms with E-state index in [0.29, 0.717) is 30.5 Å². The molecule has 0 saturated heterocycles. The van der Waals surface area contributed by atoms with Crippen molar-refractivity contribution in [1.29, 1.82) is 0 Å². The number of hydrogen-bond donors (Lipinski definition) is 1. The zero-order valence-electron chi connectivity index (χ0n) is 16.3. The van der Waals surface area contributed by atoms with Gasteiger partial charge in [0.1, 0.15) is 0 Å². The largest absolute Gasteiger partial charge is 0.422 e. The van der Waals surface area contributed by atoms with Crippen molar-refractivity contribution in [3.05, 3.63) is 56.8 Å². The van der Waals surface area contributed by atoms with Crippen molar-refractivity contribution in [1.82, 2.24) is 23.7 Å². The Morgan fingerprint density at radius 2 is 1.90 bits per heavy atom. The topological polar surface area (TPSA) is 94.9 Å². The lowest BCUT2D eigenvalue weighted by molar-refractivity contribution is -0.260. The highest BCUT2D eigenvalue weighted by Crippen LogP contribution is 2.37. The Hall–Kier alpha value is -2.95. The van der Waals surface area contributed by atoms with Crippen LogP contribution in [0.4, 0.5) is 13.2 Å². The summed E-state index contributed by atoms with van der Waals surface area (Å²) in [5.41, 5.74) is -3.83. The normalized spacial score (nSPS) is 16.7. The number of fused-ring (bicyclic) bond motifs is 1. The molecule has 1 aliphatic carbocycles. The van der Waals surface area contributed by atoms with Crippen LogP contribution in [0.5, 0.6) is 0 Å². The van der Waals surface area contributed by atoms with Crippen LogP contribution in [0.3, 0.4) is 0 Å². The molecular formula is C19H20F3N5O3. The van der Waals surface area contributed by atoms with Crippen LogP contribution in [0.25, 0.3) is 11.2 Å². The van der Waals surface area contributed by atoms with Gasteiger partial charge < -0.3 is 9.67 Å². The highest BCUT2D eigenvalue weighted by atomic mass is 19.4. The van der Waals surface area contributed by atoms with Crippen molar-refractivity contribution >= 4 is 11.2 Å². The average Bonchev–Trinajstić information content (AvgIpc) is 3.40. The summed E-state index contributed by atoms with van der Waals surface area (Å²) in [6.07, 6.45) is -0.0606. The van der Waals surface area contributed by atoms with Crippen LogP contribution >= 0.6 is 0 Å². The third-order valence-electron chi connectivity index (χ3n) is 5.47. The minimum Gasteiger partial charge on any atom is -0.375 e. The molecule has 0 aromatic carbocycles. The summed E-state index contributed by atoms with van der Waals surface area (Å²) in [6, 6.07) is 2.34. The predicted octanol–water partition coefficient (Wildman–Crippen LogP) is 1.52. The molecule has 3 aromatic heterocycles. The number of alkyl halides is 3. The van der Waals surface area contributed by atoms with Gasteiger partial charge in [-0.2, -0.15) is 13.2 Å². The van der Waals surface area contributed by atoms with Gasteiger partial charge in [-0.15, -0.1) is 0 Å². The fourth-order valence-corrected chi connectivity index (χ4v) is 3.31. The monoisotopic (exact) mass is 423 g/mol. The van der Waals surface area contributed by atoms with Gasteiger partial charge in [0.2, 0.25) is 0 Å². The van der Waals surface area contributed by atoms with E-state index in [1.165, 1.54) is 17.7 Å². The Labute approximate surface area is 168 Å². The number of imidazole rings is 1. The molecule has 0 spiro atoms. The van der Waals surface area contributed by atoms with Gasteiger partial charge in [0.05, 0.1) is 18.6 Å². The van der Waals surface area contributed by atoms with Gasteiger partial charge in [-0.25, -0.2) is 9.78 Å². The molecule has 1 unspecified atom stereocenters. The highest BCUT2D eigenvalue weighted by molar-refractivity contribution is 5.70. The molecule has 1 saturated carbocycles. The van der Waals surface area contributed by atoms with E-state index in [1.807, 2.05) is 0 Å². The van der Waals surface area contributed by atoms with Crippen LogP contribution < -0.4 is 11.2 Å². The van der Waals surface area contributed by atoms with Crippen LogP contribution in [-0.2, 0) is 25.7 Å². The first-order valence-corrected chi connectivity index (χ1v) is 9.40. The number of aryl methyl sites for hydroxylation is 1. The summed E-state index contributed by atoms with van der Waals surface area (Å²) >= 11 is 0. The average molecular weight is 423 g/mol. The molecule has 3 aromatic rings. The fourth-order valence-electron chi connectivity index (χ4n) is 3.31. The molecular weight excluding hydrogens is 403 g/mol. The number of rotatable bonds is 5. The molecule has 1 atom stereocenters. The van der Waals surface area contributed by atoms with Crippen LogP contribution in [0.1, 0.15) is 31.0 Å². The summed E-state index contributed by atoms with van der Waals surface area (Å²) in [5.74, 6) is 0.491. The summed E-state index contributed by atoms with van der Waals surface area (Å²) in [7, 11) is 1.51. The van der Waals surface area contributed by atoms with Crippen LogP contribution in [0, 0.1) is 5.92 Å². The third-order valence-corrected chi connectivity index (χ3v) is 5.47. The fraction of sp³-hybridized carbons (Fsp3) is 0.474. The van der Waals surface area contributed by atoms with E-state index < -0.39 is 28.7 Å². The Bertz CT molecular complexity index is 1220. The lowest BCUT2D eigenvalue weighted by Gasteiger charge is -2.25. The van der Waals surface area contributed by atoms with Crippen molar-refractivity contribution in [2.45, 2.75) is 44.6 Å². The number of pyridine rings is 1.